The van der Waals surface area contributed by atoms with Crippen LogP contribution in [0.3, 0.4) is 0 Å². The van der Waals surface area contributed by atoms with E-state index >= 15 is 0 Å². The van der Waals surface area contributed by atoms with Crippen LogP contribution in [-0.4, -0.2) is 28.1 Å². The summed E-state index contributed by atoms with van der Waals surface area (Å²) in [5, 5.41) is 3.38. The second-order valence-corrected chi connectivity index (χ2v) is 6.60. The first-order valence-corrected chi connectivity index (χ1v) is 9.24. The highest BCUT2D eigenvalue weighted by molar-refractivity contribution is 6.32. The van der Waals surface area contributed by atoms with Crippen LogP contribution in [0.1, 0.15) is 18.3 Å². The summed E-state index contributed by atoms with van der Waals surface area (Å²) in [6, 6.07) is 17.3. The summed E-state index contributed by atoms with van der Waals surface area (Å²) in [5.41, 5.74) is 1.21. The van der Waals surface area contributed by atoms with Crippen molar-refractivity contribution in [3.63, 3.8) is 0 Å². The number of aromatic nitrogens is 2. The topological polar surface area (TPSA) is 56.1 Å². The Bertz CT molecular complexity index is 880. The largest absolute Gasteiger partial charge is 0.479 e. The van der Waals surface area contributed by atoms with Crippen molar-refractivity contribution in [2.45, 2.75) is 26.0 Å². The number of carbonyl (C=O) groups is 1. The van der Waals surface area contributed by atoms with Crippen molar-refractivity contribution < 1.29 is 9.53 Å². The van der Waals surface area contributed by atoms with Gasteiger partial charge in [0.15, 0.2) is 6.10 Å². The van der Waals surface area contributed by atoms with Crippen molar-refractivity contribution >= 4 is 17.5 Å². The van der Waals surface area contributed by atoms with E-state index in [1.54, 1.807) is 25.3 Å². The molecule has 0 aliphatic rings. The maximum atomic E-state index is 12.3. The van der Waals surface area contributed by atoms with Crippen molar-refractivity contribution in [1.29, 1.82) is 0 Å². The Morgan fingerprint density at radius 1 is 1.19 bits per heavy atom. The summed E-state index contributed by atoms with van der Waals surface area (Å²) < 4.78 is 7.72. The van der Waals surface area contributed by atoms with Crippen LogP contribution in [0, 0.1) is 0 Å². The van der Waals surface area contributed by atoms with Crippen LogP contribution in [0.2, 0.25) is 5.02 Å². The van der Waals surface area contributed by atoms with E-state index in [9.17, 15) is 4.79 Å². The van der Waals surface area contributed by atoms with Crippen molar-refractivity contribution in [2.75, 3.05) is 6.54 Å². The molecule has 0 saturated carbocycles. The summed E-state index contributed by atoms with van der Waals surface area (Å²) in [6.45, 7) is 2.95. The van der Waals surface area contributed by atoms with Crippen LogP contribution < -0.4 is 10.1 Å². The number of nitrogens with zero attached hydrogens (tertiary/aromatic N) is 2. The molecule has 0 aliphatic carbocycles. The van der Waals surface area contributed by atoms with Crippen LogP contribution >= 0.6 is 11.6 Å². The van der Waals surface area contributed by atoms with Gasteiger partial charge in [0.25, 0.3) is 5.91 Å². The fraction of sp³-hybridized carbons (Fsp3) is 0.238. The molecule has 0 aliphatic heterocycles. The molecule has 0 fully saturated rings. The summed E-state index contributed by atoms with van der Waals surface area (Å²) >= 11 is 6.06. The Balaban J connectivity index is 1.49. The summed E-state index contributed by atoms with van der Waals surface area (Å²) in [5.74, 6) is 1.25. The third-order valence-corrected chi connectivity index (χ3v) is 4.47. The molecule has 5 nitrogen and oxygen atoms in total. The van der Waals surface area contributed by atoms with Crippen LogP contribution in [0.5, 0.6) is 5.75 Å². The Labute approximate surface area is 164 Å². The quantitative estimate of drug-likeness (QED) is 0.645. The lowest BCUT2D eigenvalue weighted by Gasteiger charge is -2.15. The average molecular weight is 384 g/mol. The number of carbonyl (C=O) groups excluding carboxylic acids is 1. The number of hydrogen-bond donors (Lipinski definition) is 1. The summed E-state index contributed by atoms with van der Waals surface area (Å²) in [7, 11) is 0. The van der Waals surface area contributed by atoms with Gasteiger partial charge in [0.05, 0.1) is 5.02 Å². The first-order valence-electron chi connectivity index (χ1n) is 8.86. The van der Waals surface area contributed by atoms with Crippen LogP contribution in [0.4, 0.5) is 0 Å². The molecule has 1 atom stereocenters. The normalized spacial score (nSPS) is 11.8. The first kappa shape index (κ1) is 19.0. The number of amides is 1. The lowest BCUT2D eigenvalue weighted by atomic mass is 10.2. The van der Waals surface area contributed by atoms with E-state index in [0.717, 1.165) is 12.4 Å². The molecule has 3 aromatic rings. The third-order valence-electron chi connectivity index (χ3n) is 4.15. The first-order chi connectivity index (χ1) is 13.1. The average Bonchev–Trinajstić information content (AvgIpc) is 3.11. The highest BCUT2D eigenvalue weighted by atomic mass is 35.5. The van der Waals surface area contributed by atoms with Gasteiger partial charge in [-0.25, -0.2) is 4.98 Å². The Morgan fingerprint density at radius 3 is 2.70 bits per heavy atom. The molecular formula is C21H22ClN3O2. The zero-order chi connectivity index (χ0) is 19.1. The predicted octanol–water partition coefficient (Wildman–Crippen LogP) is 3.71. The Morgan fingerprint density at radius 2 is 1.93 bits per heavy atom. The SMILES string of the molecule is CC(Oc1ccccc1Cl)C(=O)NCCc1nccn1Cc1ccccc1. The molecule has 1 unspecified atom stereocenters. The maximum Gasteiger partial charge on any atom is 0.260 e. The number of hydrogen-bond acceptors (Lipinski definition) is 3. The van der Waals surface area contributed by atoms with Gasteiger partial charge in [-0.3, -0.25) is 4.79 Å². The Hall–Kier alpha value is -2.79. The lowest BCUT2D eigenvalue weighted by molar-refractivity contribution is -0.127. The van der Waals surface area contributed by atoms with Crippen LogP contribution in [-0.2, 0) is 17.8 Å². The van der Waals surface area contributed by atoms with Crippen molar-refractivity contribution in [3.8, 4) is 5.75 Å². The molecule has 3 rings (SSSR count). The van der Waals surface area contributed by atoms with Crippen LogP contribution in [0.15, 0.2) is 67.0 Å². The van der Waals surface area contributed by atoms with E-state index in [-0.39, 0.29) is 5.91 Å². The molecule has 1 aromatic heterocycles. The monoisotopic (exact) mass is 383 g/mol. The third kappa shape index (κ3) is 5.34. The molecule has 6 heteroatoms. The summed E-state index contributed by atoms with van der Waals surface area (Å²) in [4.78, 5) is 16.7. The predicted molar refractivity (Wildman–Crippen MR) is 106 cm³/mol. The zero-order valence-electron chi connectivity index (χ0n) is 15.1. The number of imidazole rings is 1. The van der Waals surface area contributed by atoms with Gasteiger partial charge in [-0.15, -0.1) is 0 Å². The van der Waals surface area contributed by atoms with Crippen molar-refractivity contribution in [3.05, 3.63) is 83.4 Å². The smallest absolute Gasteiger partial charge is 0.260 e. The highest BCUT2D eigenvalue weighted by Crippen LogP contribution is 2.24. The minimum Gasteiger partial charge on any atom is -0.479 e. The van der Waals surface area contributed by atoms with Crippen molar-refractivity contribution in [1.82, 2.24) is 14.9 Å². The van der Waals surface area contributed by atoms with Crippen LogP contribution in [0.25, 0.3) is 0 Å². The number of rotatable bonds is 8. The minimum atomic E-state index is -0.631. The van der Waals surface area contributed by atoms with E-state index in [1.807, 2.05) is 36.5 Å². The highest BCUT2D eigenvalue weighted by Gasteiger charge is 2.15. The molecule has 0 saturated heterocycles. The van der Waals surface area contributed by atoms with E-state index in [1.165, 1.54) is 5.56 Å². The fourth-order valence-electron chi connectivity index (χ4n) is 2.72. The molecule has 2 aromatic carbocycles. The molecule has 1 amide bonds. The molecule has 0 bridgehead atoms. The fourth-order valence-corrected chi connectivity index (χ4v) is 2.90. The molecule has 1 N–H and O–H groups in total. The van der Waals surface area contributed by atoms with Gasteiger partial charge in [0, 0.05) is 31.9 Å². The van der Waals surface area contributed by atoms with Gasteiger partial charge in [-0.1, -0.05) is 54.1 Å². The van der Waals surface area contributed by atoms with E-state index in [4.69, 9.17) is 16.3 Å². The second kappa shape index (κ2) is 9.24. The number of nitrogens with one attached hydrogen (secondary N) is 1. The summed E-state index contributed by atoms with van der Waals surface area (Å²) in [6.07, 6.45) is 3.75. The molecular weight excluding hydrogens is 362 g/mol. The maximum absolute atomic E-state index is 12.3. The minimum absolute atomic E-state index is 0.184. The molecule has 27 heavy (non-hydrogen) atoms. The van der Waals surface area contributed by atoms with Gasteiger partial charge < -0.3 is 14.6 Å². The number of para-hydroxylation sites is 1. The number of ether oxygens (including phenoxy) is 1. The standard InChI is InChI=1S/C21H22ClN3O2/c1-16(27-19-10-6-5-9-18(19)22)21(26)24-12-11-20-23-13-14-25(20)15-17-7-3-2-4-8-17/h2-10,13-14,16H,11-12,15H2,1H3,(H,24,26). The van der Waals surface area contributed by atoms with E-state index in [2.05, 4.69) is 27.0 Å². The molecule has 0 radical (unpaired) electrons. The van der Waals surface area contributed by atoms with Gasteiger partial charge in [0.1, 0.15) is 11.6 Å². The Kier molecular flexibility index (Phi) is 6.49. The van der Waals surface area contributed by atoms with Gasteiger partial charge in [-0.2, -0.15) is 0 Å². The van der Waals surface area contributed by atoms with Gasteiger partial charge >= 0.3 is 0 Å². The molecule has 0 spiro atoms. The number of halogens is 1. The van der Waals surface area contributed by atoms with Crippen molar-refractivity contribution in [2.24, 2.45) is 0 Å². The molecule has 140 valence electrons. The second-order valence-electron chi connectivity index (χ2n) is 6.19. The van der Waals surface area contributed by atoms with Gasteiger partial charge in [-0.05, 0) is 24.6 Å². The van der Waals surface area contributed by atoms with Gasteiger partial charge in [0.2, 0.25) is 0 Å². The zero-order valence-corrected chi connectivity index (χ0v) is 15.9. The van der Waals surface area contributed by atoms with E-state index in [0.29, 0.717) is 23.7 Å². The molecule has 1 heterocycles. The van der Waals surface area contributed by atoms with E-state index < -0.39 is 6.10 Å². The number of benzene rings is 2. The lowest BCUT2D eigenvalue weighted by Crippen LogP contribution is -2.37.